The number of rotatable bonds is 11. The first kappa shape index (κ1) is 26.1. The molecule has 3 rings (SSSR count). The molecule has 1 aromatic carbocycles. The molecule has 0 bridgehead atoms. The van der Waals surface area contributed by atoms with Crippen LogP contribution in [0, 0.1) is 17.8 Å². The van der Waals surface area contributed by atoms with E-state index in [1.807, 2.05) is 38.1 Å². The van der Waals surface area contributed by atoms with Gasteiger partial charge in [0, 0.05) is 37.5 Å². The lowest BCUT2D eigenvalue weighted by atomic mass is 9.86. The summed E-state index contributed by atoms with van der Waals surface area (Å²) >= 11 is 6.01. The van der Waals surface area contributed by atoms with Crippen molar-refractivity contribution in [1.29, 1.82) is 0 Å². The van der Waals surface area contributed by atoms with Crippen LogP contribution in [0.5, 0.6) is 5.75 Å². The first-order valence-corrected chi connectivity index (χ1v) is 12.7. The quantitative estimate of drug-likeness (QED) is 0.214. The summed E-state index contributed by atoms with van der Waals surface area (Å²) in [7, 11) is 1.80. The molecule has 1 heterocycles. The Morgan fingerprint density at radius 1 is 1.30 bits per heavy atom. The minimum Gasteiger partial charge on any atom is -0.493 e. The molecule has 6 heteroatoms. The van der Waals surface area contributed by atoms with E-state index in [-0.39, 0.29) is 24.3 Å². The summed E-state index contributed by atoms with van der Waals surface area (Å²) < 4.78 is 23.2. The highest BCUT2D eigenvalue weighted by Gasteiger charge is 2.44. The minimum absolute atomic E-state index is 0.0415. The van der Waals surface area contributed by atoms with Crippen LogP contribution in [0.1, 0.15) is 58.8 Å². The van der Waals surface area contributed by atoms with Gasteiger partial charge in [0.05, 0.1) is 24.9 Å². The molecule has 0 radical (unpaired) electrons. The van der Waals surface area contributed by atoms with Gasteiger partial charge in [0.25, 0.3) is 0 Å². The van der Waals surface area contributed by atoms with Crippen molar-refractivity contribution < 1.29 is 23.7 Å². The number of ether oxygens (including phenoxy) is 4. The van der Waals surface area contributed by atoms with E-state index in [2.05, 4.69) is 12.2 Å². The third kappa shape index (κ3) is 8.31. The van der Waals surface area contributed by atoms with Gasteiger partial charge < -0.3 is 18.9 Å². The van der Waals surface area contributed by atoms with E-state index in [1.54, 1.807) is 7.11 Å². The Kier molecular flexibility index (Phi) is 10.5. The summed E-state index contributed by atoms with van der Waals surface area (Å²) in [4.78, 5) is 11.8. The molecule has 0 aromatic heterocycles. The molecule has 5 nitrogen and oxygen atoms in total. The molecule has 2 fully saturated rings. The largest absolute Gasteiger partial charge is 0.493 e. The summed E-state index contributed by atoms with van der Waals surface area (Å²) in [6, 6.07) is 7.49. The molecule has 184 valence electrons. The van der Waals surface area contributed by atoms with Gasteiger partial charge in [-0.05, 0) is 76.0 Å². The standard InChI is InChI=1S/C27H39ClO5/c1-19(2)33-27(29)12-6-8-20-13-14-24-23(25(30-3)17-26(24)32-18-20)11-4-5-15-31-22-10-7-9-21(28)16-22/h4,7,9-11,16,19-20,23-26H,5-6,8,12-15,17-18H2,1-3H3/b11-4+/t20-,23+,24+,25+,26-/m0/s1. The van der Waals surface area contributed by atoms with Gasteiger partial charge in [0.15, 0.2) is 0 Å². The summed E-state index contributed by atoms with van der Waals surface area (Å²) in [6.45, 7) is 5.18. The molecule has 0 amide bonds. The van der Waals surface area contributed by atoms with Crippen LogP contribution >= 0.6 is 11.6 Å². The van der Waals surface area contributed by atoms with E-state index in [0.717, 1.165) is 50.9 Å². The average molecular weight is 479 g/mol. The van der Waals surface area contributed by atoms with Gasteiger partial charge in [0.1, 0.15) is 5.75 Å². The number of hydrogen-bond donors (Lipinski definition) is 0. The van der Waals surface area contributed by atoms with Crippen molar-refractivity contribution in [3.63, 3.8) is 0 Å². The Morgan fingerprint density at radius 2 is 2.15 bits per heavy atom. The van der Waals surface area contributed by atoms with Crippen LogP contribution in [0.4, 0.5) is 0 Å². The lowest BCUT2D eigenvalue weighted by Gasteiger charge is -2.22. The zero-order chi connectivity index (χ0) is 23.6. The third-order valence-electron chi connectivity index (χ3n) is 6.69. The maximum absolute atomic E-state index is 11.8. The van der Waals surface area contributed by atoms with Crippen molar-refractivity contribution in [2.45, 2.75) is 77.1 Å². The van der Waals surface area contributed by atoms with E-state index in [1.165, 1.54) is 0 Å². The second-order valence-electron chi connectivity index (χ2n) is 9.52. The predicted octanol–water partition coefficient (Wildman–Crippen LogP) is 6.23. The van der Waals surface area contributed by atoms with Gasteiger partial charge in [0.2, 0.25) is 0 Å². The number of esters is 1. The number of halogens is 1. The number of benzene rings is 1. The fourth-order valence-corrected chi connectivity index (χ4v) is 5.27. The zero-order valence-corrected chi connectivity index (χ0v) is 21.0. The van der Waals surface area contributed by atoms with E-state index in [4.69, 9.17) is 30.5 Å². The Bertz CT molecular complexity index is 765. The molecule has 33 heavy (non-hydrogen) atoms. The van der Waals surface area contributed by atoms with Gasteiger partial charge >= 0.3 is 5.97 Å². The second-order valence-corrected chi connectivity index (χ2v) is 9.96. The van der Waals surface area contributed by atoms with Crippen LogP contribution in [-0.4, -0.2) is 44.6 Å². The van der Waals surface area contributed by atoms with E-state index in [9.17, 15) is 4.79 Å². The van der Waals surface area contributed by atoms with E-state index >= 15 is 0 Å². The number of carbonyl (C=O) groups is 1. The van der Waals surface area contributed by atoms with E-state index < -0.39 is 0 Å². The maximum Gasteiger partial charge on any atom is 0.306 e. The smallest absolute Gasteiger partial charge is 0.306 e. The van der Waals surface area contributed by atoms with Crippen molar-refractivity contribution in [3.05, 3.63) is 41.4 Å². The first-order valence-electron chi connectivity index (χ1n) is 12.3. The van der Waals surface area contributed by atoms with Gasteiger partial charge in [-0.2, -0.15) is 0 Å². The predicted molar refractivity (Wildman–Crippen MR) is 131 cm³/mol. The zero-order valence-electron chi connectivity index (χ0n) is 20.2. The van der Waals surface area contributed by atoms with Crippen LogP contribution in [0.2, 0.25) is 5.02 Å². The normalized spacial score (nSPS) is 27.5. The summed E-state index contributed by atoms with van der Waals surface area (Å²) in [5.74, 6) is 2.07. The molecule has 1 aliphatic carbocycles. The average Bonchev–Trinajstić information content (AvgIpc) is 2.98. The van der Waals surface area contributed by atoms with Crippen molar-refractivity contribution in [3.8, 4) is 5.75 Å². The van der Waals surface area contributed by atoms with Crippen molar-refractivity contribution >= 4 is 17.6 Å². The van der Waals surface area contributed by atoms with Crippen molar-refractivity contribution in [2.24, 2.45) is 17.8 Å². The number of carbonyl (C=O) groups excluding carboxylic acids is 1. The highest BCUT2D eigenvalue weighted by molar-refractivity contribution is 6.30. The van der Waals surface area contributed by atoms with Gasteiger partial charge in [-0.1, -0.05) is 29.8 Å². The Hall–Kier alpha value is -1.56. The molecule has 0 unspecified atom stereocenters. The Labute approximate surface area is 203 Å². The number of methoxy groups -OCH3 is 1. The Balaban J connectivity index is 1.44. The SMILES string of the molecule is CO[C@@H]1C[C@@H]2OC[C@@H](CCCC(=O)OC(C)C)CC[C@@H]2[C@H]1/C=C/CCOc1cccc(Cl)c1. The molecular formula is C27H39ClO5. The molecule has 1 aliphatic heterocycles. The molecule has 0 spiro atoms. The highest BCUT2D eigenvalue weighted by atomic mass is 35.5. The topological polar surface area (TPSA) is 54.0 Å². The fourth-order valence-electron chi connectivity index (χ4n) is 5.09. The van der Waals surface area contributed by atoms with Crippen LogP contribution in [-0.2, 0) is 19.0 Å². The summed E-state index contributed by atoms with van der Waals surface area (Å²) in [5, 5.41) is 0.685. The maximum atomic E-state index is 11.8. The number of hydrogen-bond acceptors (Lipinski definition) is 5. The van der Waals surface area contributed by atoms with Crippen LogP contribution < -0.4 is 4.74 Å². The third-order valence-corrected chi connectivity index (χ3v) is 6.93. The molecule has 5 atom stereocenters. The molecular weight excluding hydrogens is 440 g/mol. The molecule has 1 saturated carbocycles. The Morgan fingerprint density at radius 3 is 2.91 bits per heavy atom. The lowest BCUT2D eigenvalue weighted by Crippen LogP contribution is -2.21. The second kappa shape index (κ2) is 13.4. The summed E-state index contributed by atoms with van der Waals surface area (Å²) in [5.41, 5.74) is 0. The van der Waals surface area contributed by atoms with Gasteiger partial charge in [-0.25, -0.2) is 0 Å². The highest BCUT2D eigenvalue weighted by Crippen LogP contribution is 2.43. The molecule has 0 N–H and O–H groups in total. The monoisotopic (exact) mass is 478 g/mol. The van der Waals surface area contributed by atoms with E-state index in [0.29, 0.717) is 35.8 Å². The number of fused-ring (bicyclic) bond motifs is 1. The molecule has 1 saturated heterocycles. The minimum atomic E-state index is -0.0936. The van der Waals surface area contributed by atoms with Gasteiger partial charge in [-0.15, -0.1) is 0 Å². The molecule has 2 aliphatic rings. The molecule has 1 aromatic rings. The van der Waals surface area contributed by atoms with Crippen LogP contribution in [0.3, 0.4) is 0 Å². The lowest BCUT2D eigenvalue weighted by molar-refractivity contribution is -0.147. The van der Waals surface area contributed by atoms with Crippen LogP contribution in [0.15, 0.2) is 36.4 Å². The fraction of sp³-hybridized carbons (Fsp3) is 0.667. The first-order chi connectivity index (χ1) is 16.0. The summed E-state index contributed by atoms with van der Waals surface area (Å²) in [6.07, 6.45) is 11.4. The van der Waals surface area contributed by atoms with Crippen molar-refractivity contribution in [1.82, 2.24) is 0 Å². The van der Waals surface area contributed by atoms with Gasteiger partial charge in [-0.3, -0.25) is 4.79 Å². The van der Waals surface area contributed by atoms with Crippen molar-refractivity contribution in [2.75, 3.05) is 20.3 Å². The van der Waals surface area contributed by atoms with Crippen LogP contribution in [0.25, 0.3) is 0 Å².